The van der Waals surface area contributed by atoms with Crippen LogP contribution >= 0.6 is 0 Å². The van der Waals surface area contributed by atoms with Crippen molar-refractivity contribution in [1.82, 2.24) is 10.6 Å². The average molecular weight is 133 g/mol. The molecule has 0 fully saturated rings. The molecule has 0 radical (unpaired) electrons. The van der Waals surface area contributed by atoms with Crippen molar-refractivity contribution >= 4 is 0 Å². The molecule has 0 aromatic carbocycles. The fourth-order valence-corrected chi connectivity index (χ4v) is 0.486. The number of hydrogen-bond acceptors (Lipinski definition) is 5. The minimum Gasteiger partial charge on any atom is -0.304 e. The minimum atomic E-state index is -0.556. The summed E-state index contributed by atoms with van der Waals surface area (Å²) in [6, 6.07) is 0. The fourth-order valence-electron chi connectivity index (χ4n) is 0.486. The first kappa shape index (κ1) is 8.80. The highest BCUT2D eigenvalue weighted by Gasteiger charge is 1.98. The van der Waals surface area contributed by atoms with Crippen LogP contribution < -0.4 is 27.8 Å². The van der Waals surface area contributed by atoms with E-state index in [4.69, 9.17) is 17.2 Å². The summed E-state index contributed by atoms with van der Waals surface area (Å²) in [4.78, 5) is 0. The van der Waals surface area contributed by atoms with Gasteiger partial charge in [-0.05, 0) is 6.54 Å². The fraction of sp³-hybridized carbons (Fsp3) is 1.00. The quantitative estimate of drug-likeness (QED) is 0.276. The van der Waals surface area contributed by atoms with Gasteiger partial charge in [0.2, 0.25) is 0 Å². The molecule has 0 aromatic heterocycles. The van der Waals surface area contributed by atoms with Gasteiger partial charge in [0.15, 0.2) is 0 Å². The van der Waals surface area contributed by atoms with Crippen molar-refractivity contribution in [1.29, 1.82) is 0 Å². The molecule has 0 aliphatic rings. The molecule has 0 aliphatic heterocycles. The Labute approximate surface area is 55.0 Å². The zero-order chi connectivity index (χ0) is 7.28. The van der Waals surface area contributed by atoms with Crippen LogP contribution in [0, 0.1) is 0 Å². The Bertz CT molecular complexity index is 64.0. The second-order valence-corrected chi connectivity index (χ2v) is 1.73. The van der Waals surface area contributed by atoms with E-state index in [9.17, 15) is 0 Å². The molecule has 0 saturated heterocycles. The first-order valence-electron chi connectivity index (χ1n) is 2.93. The topological polar surface area (TPSA) is 102 Å². The van der Waals surface area contributed by atoms with E-state index in [1.54, 1.807) is 0 Å². The summed E-state index contributed by atoms with van der Waals surface area (Å²) in [6.45, 7) is 2.74. The maximum Gasteiger partial charge on any atom is 0.111 e. The van der Waals surface area contributed by atoms with Crippen LogP contribution in [0.1, 0.15) is 6.92 Å². The van der Waals surface area contributed by atoms with Crippen LogP contribution in [0.3, 0.4) is 0 Å². The summed E-state index contributed by atoms with van der Waals surface area (Å²) >= 11 is 0. The summed E-state index contributed by atoms with van der Waals surface area (Å²) in [7, 11) is 0. The molecule has 0 aliphatic carbocycles. The van der Waals surface area contributed by atoms with Gasteiger partial charge in [0.05, 0.1) is 0 Å². The highest BCUT2D eigenvalue weighted by Crippen LogP contribution is 1.61. The Balaban J connectivity index is 3.15. The van der Waals surface area contributed by atoms with Crippen molar-refractivity contribution in [2.24, 2.45) is 17.2 Å². The van der Waals surface area contributed by atoms with Gasteiger partial charge in [0.25, 0.3) is 0 Å². The standard InChI is InChI=1S/C4H15N5/c1-2-8-4(7)9-3(5)6/h3-4,8-9H,2,5-7H2,1H3. The van der Waals surface area contributed by atoms with Gasteiger partial charge in [-0.2, -0.15) is 0 Å². The molecule has 0 spiro atoms. The number of nitrogens with two attached hydrogens (primary N) is 3. The molecule has 0 amide bonds. The number of nitrogens with one attached hydrogen (secondary N) is 2. The first-order chi connectivity index (χ1) is 4.16. The van der Waals surface area contributed by atoms with Gasteiger partial charge in [0, 0.05) is 0 Å². The van der Waals surface area contributed by atoms with E-state index in [1.807, 2.05) is 6.92 Å². The van der Waals surface area contributed by atoms with Crippen LogP contribution in [-0.4, -0.2) is 19.1 Å². The van der Waals surface area contributed by atoms with E-state index in [0.29, 0.717) is 0 Å². The van der Waals surface area contributed by atoms with E-state index >= 15 is 0 Å². The van der Waals surface area contributed by atoms with Crippen molar-refractivity contribution in [2.45, 2.75) is 19.5 Å². The molecule has 5 heteroatoms. The molecule has 0 aromatic rings. The van der Waals surface area contributed by atoms with E-state index in [2.05, 4.69) is 10.6 Å². The summed E-state index contributed by atoms with van der Waals surface area (Å²) in [5, 5.41) is 5.55. The maximum atomic E-state index is 5.40. The first-order valence-corrected chi connectivity index (χ1v) is 2.93. The molecule has 0 saturated carbocycles. The third-order valence-electron chi connectivity index (χ3n) is 0.796. The molecule has 0 bridgehead atoms. The molecular formula is C4H15N5. The Morgan fingerprint density at radius 1 is 1.33 bits per heavy atom. The normalized spacial score (nSPS) is 14.3. The predicted molar refractivity (Wildman–Crippen MR) is 37.0 cm³/mol. The second-order valence-electron chi connectivity index (χ2n) is 1.73. The third kappa shape index (κ3) is 5.67. The third-order valence-corrected chi connectivity index (χ3v) is 0.796. The largest absolute Gasteiger partial charge is 0.304 e. The lowest BCUT2D eigenvalue weighted by molar-refractivity contribution is 0.393. The highest BCUT2D eigenvalue weighted by molar-refractivity contribution is 4.55. The average Bonchev–Trinajstić information content (AvgIpc) is 1.63. The minimum absolute atomic E-state index is 0.310. The molecule has 0 heterocycles. The van der Waals surface area contributed by atoms with E-state index in [1.165, 1.54) is 0 Å². The van der Waals surface area contributed by atoms with E-state index < -0.39 is 6.29 Å². The van der Waals surface area contributed by atoms with Gasteiger partial charge in [-0.15, -0.1) is 0 Å². The molecule has 0 rings (SSSR count). The molecular weight excluding hydrogens is 118 g/mol. The van der Waals surface area contributed by atoms with Gasteiger partial charge in [-0.3, -0.25) is 10.6 Å². The summed E-state index contributed by atoms with van der Waals surface area (Å²) in [6.07, 6.45) is -0.867. The zero-order valence-corrected chi connectivity index (χ0v) is 5.59. The van der Waals surface area contributed by atoms with Crippen LogP contribution in [0.25, 0.3) is 0 Å². The SMILES string of the molecule is CCNC(N)NC(N)N. The molecule has 5 nitrogen and oxygen atoms in total. The zero-order valence-electron chi connectivity index (χ0n) is 5.59. The molecule has 9 heavy (non-hydrogen) atoms. The molecule has 56 valence electrons. The van der Waals surface area contributed by atoms with Crippen LogP contribution in [0.15, 0.2) is 0 Å². The lowest BCUT2D eigenvalue weighted by Gasteiger charge is -2.16. The number of hydrogen-bond donors (Lipinski definition) is 5. The van der Waals surface area contributed by atoms with Crippen molar-refractivity contribution in [3.05, 3.63) is 0 Å². The van der Waals surface area contributed by atoms with Crippen molar-refractivity contribution < 1.29 is 0 Å². The maximum absolute atomic E-state index is 5.40. The molecule has 1 atom stereocenters. The van der Waals surface area contributed by atoms with Gasteiger partial charge < -0.3 is 17.2 Å². The lowest BCUT2D eigenvalue weighted by atomic mass is 10.7. The van der Waals surface area contributed by atoms with Gasteiger partial charge >= 0.3 is 0 Å². The summed E-state index contributed by atoms with van der Waals surface area (Å²) < 4.78 is 0. The predicted octanol–water partition coefficient (Wildman–Crippen LogP) is -2.37. The summed E-state index contributed by atoms with van der Waals surface area (Å²) in [5.41, 5.74) is 15.7. The Kier molecular flexibility index (Phi) is 4.55. The number of rotatable bonds is 4. The van der Waals surface area contributed by atoms with Crippen LogP contribution in [0.5, 0.6) is 0 Å². The van der Waals surface area contributed by atoms with Crippen molar-refractivity contribution in [2.75, 3.05) is 6.54 Å². The van der Waals surface area contributed by atoms with Gasteiger partial charge in [-0.1, -0.05) is 6.92 Å². The highest BCUT2D eigenvalue weighted by atomic mass is 15.3. The van der Waals surface area contributed by atoms with Crippen LogP contribution in [0.2, 0.25) is 0 Å². The van der Waals surface area contributed by atoms with E-state index in [0.717, 1.165) is 6.54 Å². The smallest absolute Gasteiger partial charge is 0.111 e. The van der Waals surface area contributed by atoms with Crippen LogP contribution in [-0.2, 0) is 0 Å². The Morgan fingerprint density at radius 2 is 1.89 bits per heavy atom. The molecule has 1 unspecified atom stereocenters. The van der Waals surface area contributed by atoms with Crippen LogP contribution in [0.4, 0.5) is 0 Å². The Morgan fingerprint density at radius 3 is 2.22 bits per heavy atom. The van der Waals surface area contributed by atoms with Gasteiger partial charge in [0.1, 0.15) is 12.6 Å². The monoisotopic (exact) mass is 133 g/mol. The van der Waals surface area contributed by atoms with Crippen molar-refractivity contribution in [3.8, 4) is 0 Å². The Hall–Kier alpha value is -0.200. The molecule has 8 N–H and O–H groups in total. The second kappa shape index (κ2) is 4.66. The van der Waals surface area contributed by atoms with Crippen molar-refractivity contribution in [3.63, 3.8) is 0 Å². The summed E-state index contributed by atoms with van der Waals surface area (Å²) in [5.74, 6) is 0. The lowest BCUT2D eigenvalue weighted by Crippen LogP contribution is -2.59. The van der Waals surface area contributed by atoms with E-state index in [-0.39, 0.29) is 6.29 Å². The van der Waals surface area contributed by atoms with Gasteiger partial charge in [-0.25, -0.2) is 0 Å².